The van der Waals surface area contributed by atoms with Crippen LogP contribution in [-0.2, 0) is 17.6 Å². The lowest BCUT2D eigenvalue weighted by Gasteiger charge is -2.11. The fraction of sp³-hybridized carbons (Fsp3) is 0.300. The van der Waals surface area contributed by atoms with Gasteiger partial charge >= 0.3 is 5.97 Å². The Morgan fingerprint density at radius 1 is 1.30 bits per heavy atom. The average Bonchev–Trinajstić information content (AvgIpc) is 3.04. The summed E-state index contributed by atoms with van der Waals surface area (Å²) in [6.07, 6.45) is 9.31. The van der Waals surface area contributed by atoms with E-state index < -0.39 is 4.92 Å². The molecular formula is C20H20N2O4S. The molecule has 0 unspecified atom stereocenters. The van der Waals surface area contributed by atoms with Gasteiger partial charge in [-0.15, -0.1) is 11.3 Å². The van der Waals surface area contributed by atoms with E-state index in [0.717, 1.165) is 36.8 Å². The van der Waals surface area contributed by atoms with Crippen molar-refractivity contribution < 1.29 is 14.5 Å². The zero-order chi connectivity index (χ0) is 19.2. The van der Waals surface area contributed by atoms with Crippen LogP contribution in [0.2, 0.25) is 0 Å². The third-order valence-corrected chi connectivity index (χ3v) is 5.50. The topological polar surface area (TPSA) is 81.8 Å². The van der Waals surface area contributed by atoms with Crippen molar-refractivity contribution in [3.05, 3.63) is 62.0 Å². The van der Waals surface area contributed by atoms with Crippen LogP contribution in [0, 0.1) is 10.1 Å². The standard InChI is InChI=1S/C20H20N2O4S/c1-2-26-20(23)18-16-7-3-4-8-17(16)27-19(18)21-13-5-6-14-9-11-15(12-10-14)22(24)25/h5-6,9-13H,2-4,7-8H2,1H3/b6-5+,21-13+. The minimum absolute atomic E-state index is 0.0593. The molecule has 0 amide bonds. The summed E-state index contributed by atoms with van der Waals surface area (Å²) >= 11 is 1.56. The van der Waals surface area contributed by atoms with Gasteiger partial charge in [0, 0.05) is 23.2 Å². The van der Waals surface area contributed by atoms with Crippen molar-refractivity contribution in [3.8, 4) is 0 Å². The smallest absolute Gasteiger partial charge is 0.341 e. The van der Waals surface area contributed by atoms with Gasteiger partial charge in [-0.2, -0.15) is 0 Å². The number of non-ortho nitro benzene ring substituents is 1. The van der Waals surface area contributed by atoms with Crippen LogP contribution in [0.15, 0.2) is 35.3 Å². The van der Waals surface area contributed by atoms with Crippen molar-refractivity contribution in [1.29, 1.82) is 0 Å². The largest absolute Gasteiger partial charge is 0.462 e. The summed E-state index contributed by atoms with van der Waals surface area (Å²) in [5.41, 5.74) is 2.60. The lowest BCUT2D eigenvalue weighted by Crippen LogP contribution is -2.09. The molecule has 0 saturated heterocycles. The molecule has 3 rings (SSSR count). The first kappa shape index (κ1) is 19.0. The SMILES string of the molecule is CCOC(=O)c1c(/N=C/C=C/c2ccc([N+](=O)[O-])cc2)sc2c1CCCC2. The predicted octanol–water partition coefficient (Wildman–Crippen LogP) is 5.13. The van der Waals surface area contributed by atoms with Crippen molar-refractivity contribution in [2.75, 3.05) is 6.61 Å². The first-order chi connectivity index (χ1) is 13.1. The third-order valence-electron chi connectivity index (χ3n) is 4.30. The maximum atomic E-state index is 12.4. The number of aryl methyl sites for hydroxylation is 1. The van der Waals surface area contributed by atoms with Crippen molar-refractivity contribution in [3.63, 3.8) is 0 Å². The summed E-state index contributed by atoms with van der Waals surface area (Å²) < 4.78 is 5.22. The summed E-state index contributed by atoms with van der Waals surface area (Å²) in [6, 6.07) is 6.28. The third kappa shape index (κ3) is 4.49. The molecular weight excluding hydrogens is 364 g/mol. The Balaban J connectivity index is 1.79. The molecule has 1 heterocycles. The van der Waals surface area contributed by atoms with Crippen LogP contribution < -0.4 is 0 Å². The minimum atomic E-state index is -0.426. The van der Waals surface area contributed by atoms with Gasteiger partial charge in [-0.05, 0) is 61.9 Å². The highest BCUT2D eigenvalue weighted by Crippen LogP contribution is 2.40. The van der Waals surface area contributed by atoms with Crippen LogP contribution >= 0.6 is 11.3 Å². The number of rotatable bonds is 6. The lowest BCUT2D eigenvalue weighted by molar-refractivity contribution is -0.384. The van der Waals surface area contributed by atoms with E-state index in [1.54, 1.807) is 42.7 Å². The monoisotopic (exact) mass is 384 g/mol. The summed E-state index contributed by atoms with van der Waals surface area (Å²) in [5.74, 6) is -0.302. The Kier molecular flexibility index (Phi) is 6.13. The maximum absolute atomic E-state index is 12.4. The van der Waals surface area contributed by atoms with Crippen LogP contribution in [0.3, 0.4) is 0 Å². The average molecular weight is 384 g/mol. The molecule has 0 spiro atoms. The Hall–Kier alpha value is -2.80. The van der Waals surface area contributed by atoms with Crippen LogP contribution in [0.1, 0.15) is 46.1 Å². The van der Waals surface area contributed by atoms with E-state index in [1.807, 2.05) is 6.08 Å². The quantitative estimate of drug-likeness (QED) is 0.299. The van der Waals surface area contributed by atoms with Gasteiger partial charge in [-0.3, -0.25) is 10.1 Å². The van der Waals surface area contributed by atoms with Crippen LogP contribution in [-0.4, -0.2) is 23.7 Å². The number of fused-ring (bicyclic) bond motifs is 1. The molecule has 0 saturated carbocycles. The van der Waals surface area contributed by atoms with Crippen molar-refractivity contribution in [2.24, 2.45) is 4.99 Å². The van der Waals surface area contributed by atoms with Crippen LogP contribution in [0.25, 0.3) is 6.08 Å². The number of carbonyl (C=O) groups is 1. The van der Waals surface area contributed by atoms with Crippen LogP contribution in [0.4, 0.5) is 10.7 Å². The molecule has 1 aliphatic rings. The number of carbonyl (C=O) groups excluding carboxylic acids is 1. The van der Waals surface area contributed by atoms with Gasteiger partial charge in [0.2, 0.25) is 0 Å². The van der Waals surface area contributed by atoms with E-state index in [2.05, 4.69) is 4.99 Å². The molecule has 140 valence electrons. The van der Waals surface area contributed by atoms with Crippen molar-refractivity contribution >= 4 is 40.3 Å². The highest BCUT2D eigenvalue weighted by molar-refractivity contribution is 7.16. The number of thiophene rings is 1. The highest BCUT2D eigenvalue weighted by atomic mass is 32.1. The number of nitro groups is 1. The fourth-order valence-electron chi connectivity index (χ4n) is 3.03. The summed E-state index contributed by atoms with van der Waals surface area (Å²) in [5, 5.41) is 11.4. The zero-order valence-corrected chi connectivity index (χ0v) is 15.8. The first-order valence-corrected chi connectivity index (χ1v) is 9.68. The summed E-state index contributed by atoms with van der Waals surface area (Å²) in [6.45, 7) is 2.14. The molecule has 0 aliphatic heterocycles. The highest BCUT2D eigenvalue weighted by Gasteiger charge is 2.25. The van der Waals surface area contributed by atoms with E-state index in [9.17, 15) is 14.9 Å². The molecule has 1 aromatic carbocycles. The number of aliphatic imine (C=N–C) groups is 1. The van der Waals surface area contributed by atoms with Crippen molar-refractivity contribution in [1.82, 2.24) is 0 Å². The Bertz CT molecular complexity index is 897. The summed E-state index contributed by atoms with van der Waals surface area (Å²) in [4.78, 5) is 28.3. The molecule has 0 bridgehead atoms. The zero-order valence-electron chi connectivity index (χ0n) is 15.0. The molecule has 0 fully saturated rings. The van der Waals surface area contributed by atoms with Gasteiger partial charge in [-0.25, -0.2) is 9.79 Å². The molecule has 7 heteroatoms. The molecule has 0 atom stereocenters. The maximum Gasteiger partial charge on any atom is 0.341 e. The van der Waals surface area contributed by atoms with E-state index in [1.165, 1.54) is 17.0 Å². The number of hydrogen-bond acceptors (Lipinski definition) is 6. The molecule has 6 nitrogen and oxygen atoms in total. The van der Waals surface area contributed by atoms with Gasteiger partial charge in [0.25, 0.3) is 5.69 Å². The van der Waals surface area contributed by atoms with Crippen molar-refractivity contribution in [2.45, 2.75) is 32.6 Å². The Morgan fingerprint density at radius 2 is 2.04 bits per heavy atom. The number of allylic oxidation sites excluding steroid dienone is 1. The number of esters is 1. The number of ether oxygens (including phenoxy) is 1. The van der Waals surface area contributed by atoms with E-state index in [-0.39, 0.29) is 11.7 Å². The molecule has 0 radical (unpaired) electrons. The lowest BCUT2D eigenvalue weighted by atomic mass is 9.95. The van der Waals surface area contributed by atoms with Gasteiger partial charge in [0.15, 0.2) is 0 Å². The van der Waals surface area contributed by atoms with Gasteiger partial charge in [-0.1, -0.05) is 6.08 Å². The van der Waals surface area contributed by atoms with Gasteiger partial charge in [0.05, 0.1) is 17.1 Å². The van der Waals surface area contributed by atoms with E-state index >= 15 is 0 Å². The molecule has 1 aromatic heterocycles. The predicted molar refractivity (Wildman–Crippen MR) is 107 cm³/mol. The van der Waals surface area contributed by atoms with Gasteiger partial charge < -0.3 is 4.74 Å². The molecule has 27 heavy (non-hydrogen) atoms. The van der Waals surface area contributed by atoms with E-state index in [0.29, 0.717) is 17.2 Å². The Morgan fingerprint density at radius 3 is 2.74 bits per heavy atom. The minimum Gasteiger partial charge on any atom is -0.462 e. The Labute approximate surface area is 161 Å². The molecule has 0 N–H and O–H groups in total. The number of nitro benzene ring substituents is 1. The van der Waals surface area contributed by atoms with Crippen LogP contribution in [0.5, 0.6) is 0 Å². The summed E-state index contributed by atoms with van der Waals surface area (Å²) in [7, 11) is 0. The van der Waals surface area contributed by atoms with E-state index in [4.69, 9.17) is 4.74 Å². The van der Waals surface area contributed by atoms with Gasteiger partial charge in [0.1, 0.15) is 5.00 Å². The molecule has 1 aliphatic carbocycles. The number of hydrogen-bond donors (Lipinski definition) is 0. The number of benzene rings is 1. The first-order valence-electron chi connectivity index (χ1n) is 8.87. The molecule has 2 aromatic rings. The second-order valence-electron chi connectivity index (χ2n) is 6.10. The second kappa shape index (κ2) is 8.73. The number of nitrogens with zero attached hydrogens (tertiary/aromatic N) is 2. The normalized spacial score (nSPS) is 13.8. The second-order valence-corrected chi connectivity index (χ2v) is 7.18. The fourth-order valence-corrected chi connectivity index (χ4v) is 4.26.